The molecule has 0 atom stereocenters. The minimum absolute atomic E-state index is 0.174. The summed E-state index contributed by atoms with van der Waals surface area (Å²) >= 11 is 0. The molecule has 3 nitrogen and oxygen atoms in total. The summed E-state index contributed by atoms with van der Waals surface area (Å²) < 4.78 is 5.96. The number of para-hydroxylation sites is 1. The predicted octanol–water partition coefficient (Wildman–Crippen LogP) is 6.13. The van der Waals surface area contributed by atoms with Crippen LogP contribution < -0.4 is 5.32 Å². The van der Waals surface area contributed by atoms with Gasteiger partial charge in [0.25, 0.3) is 0 Å². The van der Waals surface area contributed by atoms with Gasteiger partial charge in [-0.05, 0) is 79.9 Å². The van der Waals surface area contributed by atoms with E-state index in [1.54, 1.807) is 0 Å². The lowest BCUT2D eigenvalue weighted by Gasteiger charge is -2.56. The summed E-state index contributed by atoms with van der Waals surface area (Å²) in [6, 6.07) is 14.1. The van der Waals surface area contributed by atoms with Gasteiger partial charge >= 0.3 is 0 Å². The number of rotatable bonds is 3. The van der Waals surface area contributed by atoms with Gasteiger partial charge in [-0.15, -0.1) is 0 Å². The van der Waals surface area contributed by atoms with Crippen LogP contribution in [-0.4, -0.2) is 5.91 Å². The highest BCUT2D eigenvalue weighted by molar-refractivity contribution is 6.06. The van der Waals surface area contributed by atoms with Gasteiger partial charge in [-0.1, -0.05) is 18.2 Å². The van der Waals surface area contributed by atoms with Crippen molar-refractivity contribution < 1.29 is 9.21 Å². The molecule has 4 saturated carbocycles. The summed E-state index contributed by atoms with van der Waals surface area (Å²) in [7, 11) is 0. The molecular weight excluding hydrogens is 334 g/mol. The molecule has 4 aliphatic rings. The topological polar surface area (TPSA) is 42.2 Å². The molecule has 2 aromatic carbocycles. The lowest BCUT2D eigenvalue weighted by atomic mass is 9.49. The Morgan fingerprint density at radius 1 is 0.926 bits per heavy atom. The molecular formula is C24H25NO2. The predicted molar refractivity (Wildman–Crippen MR) is 108 cm³/mol. The SMILES string of the molecule is O=C(CC12CC3CC(CC(C3)C1)C2)Nc1ccc2c(c1)oc1ccccc12. The highest BCUT2D eigenvalue weighted by Crippen LogP contribution is 2.61. The van der Waals surface area contributed by atoms with Gasteiger partial charge in [-0.25, -0.2) is 0 Å². The highest BCUT2D eigenvalue weighted by atomic mass is 16.3. The Balaban J connectivity index is 1.23. The second-order valence-corrected chi connectivity index (χ2v) is 9.45. The summed E-state index contributed by atoms with van der Waals surface area (Å²) in [5.74, 6) is 2.83. The van der Waals surface area contributed by atoms with Crippen LogP contribution in [0.25, 0.3) is 21.9 Å². The maximum absolute atomic E-state index is 12.9. The molecule has 0 saturated heterocycles. The van der Waals surface area contributed by atoms with Crippen LogP contribution in [0.1, 0.15) is 44.9 Å². The first kappa shape index (κ1) is 15.7. The van der Waals surface area contributed by atoms with Gasteiger partial charge in [0.15, 0.2) is 0 Å². The van der Waals surface area contributed by atoms with Crippen LogP contribution in [0.2, 0.25) is 0 Å². The number of hydrogen-bond acceptors (Lipinski definition) is 2. The molecule has 0 unspecified atom stereocenters. The number of anilines is 1. The lowest BCUT2D eigenvalue weighted by molar-refractivity contribution is -0.124. The van der Waals surface area contributed by atoms with Crippen LogP contribution in [0.15, 0.2) is 46.9 Å². The van der Waals surface area contributed by atoms with E-state index in [9.17, 15) is 4.79 Å². The molecule has 27 heavy (non-hydrogen) atoms. The summed E-state index contributed by atoms with van der Waals surface area (Å²) in [5, 5.41) is 5.38. The van der Waals surface area contributed by atoms with E-state index in [4.69, 9.17) is 4.42 Å². The van der Waals surface area contributed by atoms with Crippen molar-refractivity contribution in [2.45, 2.75) is 44.9 Å². The van der Waals surface area contributed by atoms with Crippen LogP contribution in [-0.2, 0) is 4.79 Å². The fourth-order valence-corrected chi connectivity index (χ4v) is 6.86. The number of benzene rings is 2. The second-order valence-electron chi connectivity index (χ2n) is 9.45. The van der Waals surface area contributed by atoms with Crippen molar-refractivity contribution in [3.05, 3.63) is 42.5 Å². The summed E-state index contributed by atoms with van der Waals surface area (Å²) in [4.78, 5) is 12.9. The molecule has 1 amide bonds. The minimum Gasteiger partial charge on any atom is -0.456 e. The zero-order valence-electron chi connectivity index (χ0n) is 15.5. The van der Waals surface area contributed by atoms with E-state index in [2.05, 4.69) is 17.4 Å². The van der Waals surface area contributed by atoms with Gasteiger partial charge in [-0.2, -0.15) is 0 Å². The van der Waals surface area contributed by atoms with Crippen molar-refractivity contribution in [1.82, 2.24) is 0 Å². The summed E-state index contributed by atoms with van der Waals surface area (Å²) in [5.41, 5.74) is 2.85. The van der Waals surface area contributed by atoms with Crippen molar-refractivity contribution >= 4 is 33.5 Å². The van der Waals surface area contributed by atoms with Crippen LogP contribution in [0.3, 0.4) is 0 Å². The van der Waals surface area contributed by atoms with E-state index in [-0.39, 0.29) is 11.3 Å². The Bertz CT molecular complexity index is 1010. The Morgan fingerprint density at radius 2 is 1.59 bits per heavy atom. The third-order valence-electron chi connectivity index (χ3n) is 7.36. The van der Waals surface area contributed by atoms with Crippen LogP contribution in [0.5, 0.6) is 0 Å². The van der Waals surface area contributed by atoms with E-state index >= 15 is 0 Å². The average Bonchev–Trinajstić information content (AvgIpc) is 2.97. The summed E-state index contributed by atoms with van der Waals surface area (Å²) in [6.07, 6.45) is 8.77. The zero-order chi connectivity index (χ0) is 18.0. The molecule has 0 spiro atoms. The first-order chi connectivity index (χ1) is 13.2. The molecule has 4 aliphatic carbocycles. The number of furan rings is 1. The fourth-order valence-electron chi connectivity index (χ4n) is 6.86. The first-order valence-corrected chi connectivity index (χ1v) is 10.4. The minimum atomic E-state index is 0.174. The van der Waals surface area contributed by atoms with Gasteiger partial charge in [0.1, 0.15) is 11.2 Å². The van der Waals surface area contributed by atoms with Crippen LogP contribution in [0, 0.1) is 23.2 Å². The Hall–Kier alpha value is -2.29. The number of hydrogen-bond donors (Lipinski definition) is 1. The van der Waals surface area contributed by atoms with Gasteiger partial charge in [-0.3, -0.25) is 4.79 Å². The number of carbonyl (C=O) groups is 1. The number of amides is 1. The molecule has 3 heteroatoms. The number of fused-ring (bicyclic) bond motifs is 3. The third kappa shape index (κ3) is 2.59. The third-order valence-corrected chi connectivity index (χ3v) is 7.36. The monoisotopic (exact) mass is 359 g/mol. The smallest absolute Gasteiger partial charge is 0.224 e. The quantitative estimate of drug-likeness (QED) is 0.611. The molecule has 1 aromatic heterocycles. The largest absolute Gasteiger partial charge is 0.456 e. The fraction of sp³-hybridized carbons (Fsp3) is 0.458. The van der Waals surface area contributed by atoms with Crippen molar-refractivity contribution in [2.24, 2.45) is 23.2 Å². The van der Waals surface area contributed by atoms with E-state index in [1.165, 1.54) is 38.5 Å². The number of carbonyl (C=O) groups excluding carboxylic acids is 1. The van der Waals surface area contributed by atoms with E-state index in [1.807, 2.05) is 30.3 Å². The molecule has 4 fully saturated rings. The zero-order valence-corrected chi connectivity index (χ0v) is 15.5. The first-order valence-electron chi connectivity index (χ1n) is 10.4. The van der Waals surface area contributed by atoms with Crippen molar-refractivity contribution in [3.8, 4) is 0 Å². The van der Waals surface area contributed by atoms with E-state index in [0.29, 0.717) is 6.42 Å². The standard InChI is InChI=1S/C24H25NO2/c26-23(14-24-11-15-7-16(12-24)9-17(8-15)13-24)25-18-5-6-20-19-3-1-2-4-21(19)27-22(20)10-18/h1-6,10,15-17H,7-9,11-14H2,(H,25,26). The van der Waals surface area contributed by atoms with E-state index in [0.717, 1.165) is 45.4 Å². The lowest BCUT2D eigenvalue weighted by Crippen LogP contribution is -2.47. The summed E-state index contributed by atoms with van der Waals surface area (Å²) in [6.45, 7) is 0. The van der Waals surface area contributed by atoms with Crippen LogP contribution in [0.4, 0.5) is 5.69 Å². The Labute approximate surface area is 159 Å². The molecule has 0 aliphatic heterocycles. The van der Waals surface area contributed by atoms with Gasteiger partial charge < -0.3 is 9.73 Å². The van der Waals surface area contributed by atoms with Gasteiger partial charge in [0.2, 0.25) is 5.91 Å². The van der Waals surface area contributed by atoms with Crippen molar-refractivity contribution in [3.63, 3.8) is 0 Å². The van der Waals surface area contributed by atoms with Gasteiger partial charge in [0, 0.05) is 28.9 Å². The normalized spacial score (nSPS) is 31.6. The molecule has 1 N–H and O–H groups in total. The molecule has 7 rings (SSSR count). The molecule has 1 heterocycles. The highest BCUT2D eigenvalue weighted by Gasteiger charge is 2.51. The Kier molecular flexibility index (Phi) is 3.27. The van der Waals surface area contributed by atoms with Gasteiger partial charge in [0.05, 0.1) is 0 Å². The maximum Gasteiger partial charge on any atom is 0.224 e. The van der Waals surface area contributed by atoms with Crippen molar-refractivity contribution in [1.29, 1.82) is 0 Å². The number of nitrogens with one attached hydrogen (secondary N) is 1. The average molecular weight is 359 g/mol. The molecule has 0 radical (unpaired) electrons. The molecule has 3 aromatic rings. The van der Waals surface area contributed by atoms with E-state index < -0.39 is 0 Å². The molecule has 4 bridgehead atoms. The Morgan fingerprint density at radius 3 is 2.33 bits per heavy atom. The van der Waals surface area contributed by atoms with Crippen molar-refractivity contribution in [2.75, 3.05) is 5.32 Å². The molecule has 138 valence electrons. The second kappa shape index (κ2) is 5.60. The maximum atomic E-state index is 12.9. The van der Waals surface area contributed by atoms with Crippen LogP contribution >= 0.6 is 0 Å².